The molecule has 0 spiro atoms. The van der Waals surface area contributed by atoms with Crippen molar-refractivity contribution in [3.63, 3.8) is 0 Å². The minimum absolute atomic E-state index is 0.278. The Hall–Kier alpha value is -2.47. The molecule has 0 bridgehead atoms. The zero-order valence-corrected chi connectivity index (χ0v) is 28.2. The van der Waals surface area contributed by atoms with Crippen molar-refractivity contribution in [3.05, 3.63) is 47.2 Å². The van der Waals surface area contributed by atoms with E-state index in [0.29, 0.717) is 49.1 Å². The number of ketones is 1. The molecule has 6 nitrogen and oxygen atoms in total. The lowest BCUT2D eigenvalue weighted by Gasteiger charge is -2.41. The molecule has 0 aliphatic carbocycles. The SMILES string of the molecule is CC(C)C1=CC(=O)CCN1C(C)C.CC(C)C1=NCN=CN1C(C)C.CC(C)C1Cc2ccccc2CN1C(C)C. The summed E-state index contributed by atoms with van der Waals surface area (Å²) in [7, 11) is 0. The van der Waals surface area contributed by atoms with E-state index < -0.39 is 0 Å². The summed E-state index contributed by atoms with van der Waals surface area (Å²) in [5.74, 6) is 3.10. The first kappa shape index (κ1) is 34.7. The van der Waals surface area contributed by atoms with Gasteiger partial charge in [0.1, 0.15) is 12.5 Å². The van der Waals surface area contributed by atoms with Gasteiger partial charge in [-0.3, -0.25) is 14.7 Å². The van der Waals surface area contributed by atoms with Gasteiger partial charge >= 0.3 is 0 Å². The molecule has 1 atom stereocenters. The number of allylic oxidation sites excluding steroid dienone is 2. The second-order valence-corrected chi connectivity index (χ2v) is 13.4. The van der Waals surface area contributed by atoms with E-state index in [2.05, 4.69) is 132 Å². The highest BCUT2D eigenvalue weighted by Crippen LogP contribution is 2.28. The van der Waals surface area contributed by atoms with Crippen molar-refractivity contribution < 1.29 is 4.79 Å². The van der Waals surface area contributed by atoms with Crippen molar-refractivity contribution in [2.45, 2.75) is 127 Å². The van der Waals surface area contributed by atoms with Crippen LogP contribution in [-0.4, -0.2) is 70.0 Å². The number of rotatable bonds is 6. The lowest BCUT2D eigenvalue weighted by atomic mass is 9.87. The maximum Gasteiger partial charge on any atom is 0.159 e. The number of carbonyl (C=O) groups is 1. The predicted octanol–water partition coefficient (Wildman–Crippen LogP) is 7.44. The second-order valence-electron chi connectivity index (χ2n) is 13.4. The fraction of sp³-hybridized carbons (Fsp3) is 0.686. The first-order valence-corrected chi connectivity index (χ1v) is 15.9. The molecule has 1 aromatic rings. The van der Waals surface area contributed by atoms with Crippen molar-refractivity contribution in [2.75, 3.05) is 13.2 Å². The molecule has 0 saturated carbocycles. The van der Waals surface area contributed by atoms with Crippen LogP contribution in [0.3, 0.4) is 0 Å². The third kappa shape index (κ3) is 10.1. The molecule has 3 aliphatic rings. The van der Waals surface area contributed by atoms with Crippen molar-refractivity contribution in [1.82, 2.24) is 14.7 Å². The molecule has 0 fully saturated rings. The van der Waals surface area contributed by atoms with Gasteiger partial charge in [-0.15, -0.1) is 0 Å². The summed E-state index contributed by atoms with van der Waals surface area (Å²) in [4.78, 5) is 26.8. The highest BCUT2D eigenvalue weighted by atomic mass is 16.1. The molecule has 1 aromatic carbocycles. The summed E-state index contributed by atoms with van der Waals surface area (Å²) in [5, 5.41) is 0. The van der Waals surface area contributed by atoms with Crippen molar-refractivity contribution in [3.8, 4) is 0 Å². The summed E-state index contributed by atoms with van der Waals surface area (Å²) in [6, 6.07) is 11.2. The van der Waals surface area contributed by atoms with E-state index in [9.17, 15) is 4.79 Å². The second kappa shape index (κ2) is 16.2. The Morgan fingerprint density at radius 2 is 1.44 bits per heavy atom. The van der Waals surface area contributed by atoms with Gasteiger partial charge in [-0.1, -0.05) is 65.8 Å². The molecule has 0 aromatic heterocycles. The fourth-order valence-corrected chi connectivity index (χ4v) is 5.74. The van der Waals surface area contributed by atoms with Crippen molar-refractivity contribution in [1.29, 1.82) is 0 Å². The number of amidine groups is 1. The van der Waals surface area contributed by atoms with Crippen LogP contribution in [0, 0.1) is 17.8 Å². The molecule has 3 aliphatic heterocycles. The van der Waals surface area contributed by atoms with E-state index in [1.807, 2.05) is 12.4 Å². The Morgan fingerprint density at radius 3 is 1.93 bits per heavy atom. The molecule has 3 heterocycles. The summed E-state index contributed by atoms with van der Waals surface area (Å²) in [5.41, 5.74) is 4.28. The van der Waals surface area contributed by atoms with Gasteiger partial charge in [0.2, 0.25) is 0 Å². The number of fused-ring (bicyclic) bond motifs is 1. The van der Waals surface area contributed by atoms with Gasteiger partial charge in [-0.05, 0) is 70.9 Å². The van der Waals surface area contributed by atoms with Gasteiger partial charge in [-0.2, -0.15) is 0 Å². The molecule has 0 amide bonds. The smallest absolute Gasteiger partial charge is 0.159 e. The summed E-state index contributed by atoms with van der Waals surface area (Å²) in [6.45, 7) is 29.1. The largest absolute Gasteiger partial charge is 0.372 e. The van der Waals surface area contributed by atoms with E-state index in [-0.39, 0.29) is 5.78 Å². The molecule has 230 valence electrons. The van der Waals surface area contributed by atoms with Crippen LogP contribution in [0.15, 0.2) is 46.0 Å². The zero-order valence-electron chi connectivity index (χ0n) is 28.2. The van der Waals surface area contributed by atoms with Gasteiger partial charge in [0.25, 0.3) is 0 Å². The average Bonchev–Trinajstić information content (AvgIpc) is 2.92. The Morgan fingerprint density at radius 1 is 0.805 bits per heavy atom. The monoisotopic (exact) mass is 565 g/mol. The summed E-state index contributed by atoms with van der Waals surface area (Å²) >= 11 is 0. The van der Waals surface area contributed by atoms with Crippen LogP contribution in [0.25, 0.3) is 0 Å². The van der Waals surface area contributed by atoms with Crippen LogP contribution in [-0.2, 0) is 17.8 Å². The number of hydrogen-bond donors (Lipinski definition) is 0. The van der Waals surface area contributed by atoms with E-state index >= 15 is 0 Å². The Bertz CT molecular complexity index is 1020. The molecule has 6 heteroatoms. The van der Waals surface area contributed by atoms with E-state index in [1.165, 1.54) is 17.7 Å². The minimum atomic E-state index is 0.278. The molecule has 0 N–H and O–H groups in total. The molecule has 41 heavy (non-hydrogen) atoms. The van der Waals surface area contributed by atoms with Crippen LogP contribution >= 0.6 is 0 Å². The number of benzene rings is 1. The maximum atomic E-state index is 11.2. The number of aliphatic imine (C=N–C) groups is 2. The number of hydrogen-bond acceptors (Lipinski definition) is 6. The first-order chi connectivity index (χ1) is 19.2. The van der Waals surface area contributed by atoms with E-state index in [1.54, 1.807) is 5.56 Å². The van der Waals surface area contributed by atoms with Gasteiger partial charge in [0.05, 0.1) is 6.34 Å². The third-order valence-corrected chi connectivity index (χ3v) is 8.07. The first-order valence-electron chi connectivity index (χ1n) is 15.9. The highest BCUT2D eigenvalue weighted by molar-refractivity contribution is 5.94. The summed E-state index contributed by atoms with van der Waals surface area (Å²) in [6.07, 6.45) is 5.60. The van der Waals surface area contributed by atoms with Crippen LogP contribution in [0.5, 0.6) is 0 Å². The lowest BCUT2D eigenvalue weighted by Crippen LogP contribution is -2.47. The van der Waals surface area contributed by atoms with Crippen LogP contribution < -0.4 is 0 Å². The lowest BCUT2D eigenvalue weighted by molar-refractivity contribution is -0.115. The van der Waals surface area contributed by atoms with Crippen molar-refractivity contribution in [2.24, 2.45) is 27.7 Å². The molecular weight excluding hydrogens is 506 g/mol. The van der Waals surface area contributed by atoms with E-state index in [4.69, 9.17) is 0 Å². The molecule has 1 unspecified atom stereocenters. The normalized spacial score (nSPS) is 19.4. The summed E-state index contributed by atoms with van der Waals surface area (Å²) < 4.78 is 0. The van der Waals surface area contributed by atoms with E-state index in [0.717, 1.165) is 24.8 Å². The molecule has 0 radical (unpaired) electrons. The van der Waals surface area contributed by atoms with Crippen LogP contribution in [0.4, 0.5) is 0 Å². The van der Waals surface area contributed by atoms with Crippen molar-refractivity contribution >= 4 is 18.0 Å². The number of nitrogens with zero attached hydrogens (tertiary/aromatic N) is 5. The van der Waals surface area contributed by atoms with Gasteiger partial charge in [-0.25, -0.2) is 4.99 Å². The quantitative estimate of drug-likeness (QED) is 0.360. The maximum absolute atomic E-state index is 11.2. The van der Waals surface area contributed by atoms with Crippen LogP contribution in [0.1, 0.15) is 101 Å². The molecular formula is C35H59N5O. The Labute approximate surface area is 252 Å². The predicted molar refractivity (Wildman–Crippen MR) is 176 cm³/mol. The molecule has 4 rings (SSSR count). The third-order valence-electron chi connectivity index (χ3n) is 8.07. The topological polar surface area (TPSA) is 51.5 Å². The van der Waals surface area contributed by atoms with Gasteiger partial charge in [0, 0.05) is 61.4 Å². The standard InChI is InChI=1S/C15H23N.C11H19NO.C9H17N3/c1-11(2)15-9-13-7-5-6-8-14(13)10-16(15)12(3)4;1-8(2)11-7-10(13)5-6-12(11)9(3)4;1-7(2)9-11-5-10-6-12(9)8(3)4/h5-8,11-12,15H,9-10H2,1-4H3;7-9H,5-6H2,1-4H3;6-8H,5H2,1-4H3. The Balaban J connectivity index is 0.000000218. The molecule has 0 saturated heterocycles. The minimum Gasteiger partial charge on any atom is -0.372 e. The van der Waals surface area contributed by atoms with Gasteiger partial charge in [0.15, 0.2) is 5.78 Å². The highest BCUT2D eigenvalue weighted by Gasteiger charge is 2.29. The van der Waals surface area contributed by atoms with Gasteiger partial charge < -0.3 is 9.80 Å². The average molecular weight is 566 g/mol. The number of carbonyl (C=O) groups excluding carboxylic acids is 1. The van der Waals surface area contributed by atoms with Crippen LogP contribution in [0.2, 0.25) is 0 Å². The zero-order chi connectivity index (χ0) is 30.9. The Kier molecular flexibility index (Phi) is 13.8. The fourth-order valence-electron chi connectivity index (χ4n) is 5.74.